The van der Waals surface area contributed by atoms with E-state index in [2.05, 4.69) is 4.74 Å². The maximum absolute atomic E-state index is 12.7. The molecule has 2 rings (SSSR count). The first kappa shape index (κ1) is 19.4. The van der Waals surface area contributed by atoms with Gasteiger partial charge >= 0.3 is 6.36 Å². The van der Waals surface area contributed by atoms with E-state index in [1.165, 1.54) is 12.1 Å². The molecule has 6 heteroatoms. The van der Waals surface area contributed by atoms with Crippen molar-refractivity contribution < 1.29 is 22.6 Å². The van der Waals surface area contributed by atoms with Crippen LogP contribution in [0.3, 0.4) is 0 Å². The van der Waals surface area contributed by atoms with E-state index in [0.717, 1.165) is 5.56 Å². The van der Waals surface area contributed by atoms with Gasteiger partial charge in [-0.3, -0.25) is 0 Å². The number of rotatable bonds is 5. The third kappa shape index (κ3) is 5.30. The zero-order valence-electron chi connectivity index (χ0n) is 14.4. The molecule has 0 aliphatic rings. The van der Waals surface area contributed by atoms with E-state index in [1.54, 1.807) is 38.1 Å². The first-order valence-electron chi connectivity index (χ1n) is 7.81. The Labute approximate surface area is 150 Å². The highest BCUT2D eigenvalue weighted by atomic mass is 35.5. The largest absolute Gasteiger partial charge is 0.573 e. The Morgan fingerprint density at radius 1 is 0.920 bits per heavy atom. The van der Waals surface area contributed by atoms with Crippen LogP contribution < -0.4 is 9.47 Å². The first-order valence-corrected chi connectivity index (χ1v) is 8.19. The van der Waals surface area contributed by atoms with Crippen LogP contribution in [0.1, 0.15) is 38.8 Å². The summed E-state index contributed by atoms with van der Waals surface area (Å²) >= 11 is 6.06. The van der Waals surface area contributed by atoms with Crippen molar-refractivity contribution in [1.82, 2.24) is 0 Å². The maximum Gasteiger partial charge on any atom is 0.573 e. The van der Waals surface area contributed by atoms with Crippen molar-refractivity contribution >= 4 is 11.6 Å². The van der Waals surface area contributed by atoms with Crippen LogP contribution in [-0.4, -0.2) is 12.5 Å². The van der Waals surface area contributed by atoms with E-state index in [0.29, 0.717) is 16.3 Å². The van der Waals surface area contributed by atoms with Gasteiger partial charge in [0, 0.05) is 16.5 Å². The molecule has 0 aromatic heterocycles. The van der Waals surface area contributed by atoms with Gasteiger partial charge < -0.3 is 9.47 Å². The van der Waals surface area contributed by atoms with Crippen molar-refractivity contribution in [1.29, 1.82) is 0 Å². The fourth-order valence-electron chi connectivity index (χ4n) is 2.51. The molecular weight excluding hydrogens is 353 g/mol. The second-order valence-electron chi connectivity index (χ2n) is 6.54. The number of alkyl halides is 3. The molecule has 25 heavy (non-hydrogen) atoms. The Bertz CT molecular complexity index is 740. The van der Waals surface area contributed by atoms with Gasteiger partial charge in [-0.2, -0.15) is 0 Å². The zero-order valence-corrected chi connectivity index (χ0v) is 15.2. The van der Waals surface area contributed by atoms with Crippen molar-refractivity contribution in [2.75, 3.05) is 0 Å². The first-order chi connectivity index (χ1) is 11.5. The summed E-state index contributed by atoms with van der Waals surface area (Å²) in [7, 11) is 0. The fourth-order valence-corrected chi connectivity index (χ4v) is 2.70. The van der Waals surface area contributed by atoms with Gasteiger partial charge in [0.1, 0.15) is 11.5 Å². The molecule has 136 valence electrons. The van der Waals surface area contributed by atoms with Gasteiger partial charge in [0.25, 0.3) is 0 Å². The number of hydrogen-bond donors (Lipinski definition) is 0. The highest BCUT2D eigenvalue weighted by molar-refractivity contribution is 6.30. The number of ether oxygens (including phenoxy) is 2. The topological polar surface area (TPSA) is 18.5 Å². The summed E-state index contributed by atoms with van der Waals surface area (Å²) in [6.45, 7) is 7.42. The summed E-state index contributed by atoms with van der Waals surface area (Å²) in [6, 6.07) is 11.6. The number of halogens is 4. The van der Waals surface area contributed by atoms with E-state index < -0.39 is 11.8 Å². The van der Waals surface area contributed by atoms with Crippen molar-refractivity contribution in [3.05, 3.63) is 58.6 Å². The fraction of sp³-hybridized carbons (Fsp3) is 0.368. The summed E-state index contributed by atoms with van der Waals surface area (Å²) in [5.74, 6) is 0.0117. The van der Waals surface area contributed by atoms with Gasteiger partial charge in [-0.1, -0.05) is 37.6 Å². The molecule has 2 aromatic carbocycles. The minimum absolute atomic E-state index is 0.178. The predicted molar refractivity (Wildman–Crippen MR) is 92.5 cm³/mol. The predicted octanol–water partition coefficient (Wildman–Crippen LogP) is 6.35. The monoisotopic (exact) mass is 372 g/mol. The third-order valence-electron chi connectivity index (χ3n) is 3.75. The molecule has 0 saturated carbocycles. The molecule has 0 heterocycles. The third-order valence-corrected chi connectivity index (χ3v) is 3.99. The Hall–Kier alpha value is -1.88. The molecule has 0 fully saturated rings. The number of benzene rings is 2. The highest BCUT2D eigenvalue weighted by Gasteiger charge is 2.32. The van der Waals surface area contributed by atoms with Crippen LogP contribution in [0.4, 0.5) is 13.2 Å². The Morgan fingerprint density at radius 2 is 1.56 bits per heavy atom. The summed E-state index contributed by atoms with van der Waals surface area (Å²) in [6.07, 6.45) is -4.95. The molecule has 2 aromatic rings. The Kier molecular flexibility index (Phi) is 5.57. The van der Waals surface area contributed by atoms with Crippen LogP contribution in [0, 0.1) is 0 Å². The van der Waals surface area contributed by atoms with Crippen LogP contribution in [0.2, 0.25) is 5.02 Å². The minimum Gasteiger partial charge on any atom is -0.491 e. The molecule has 0 unspecified atom stereocenters. The summed E-state index contributed by atoms with van der Waals surface area (Å²) in [4.78, 5) is 0. The van der Waals surface area contributed by atoms with Crippen molar-refractivity contribution in [3.63, 3.8) is 0 Å². The number of hydrogen-bond acceptors (Lipinski definition) is 2. The second kappa shape index (κ2) is 7.16. The molecule has 0 bridgehead atoms. The summed E-state index contributed by atoms with van der Waals surface area (Å²) in [5, 5.41) is 0.562. The van der Waals surface area contributed by atoms with E-state index >= 15 is 0 Å². The molecule has 0 N–H and O–H groups in total. The van der Waals surface area contributed by atoms with E-state index in [1.807, 2.05) is 19.9 Å². The van der Waals surface area contributed by atoms with Gasteiger partial charge in [0.15, 0.2) is 0 Å². The van der Waals surface area contributed by atoms with Crippen LogP contribution in [-0.2, 0) is 5.41 Å². The Balaban J connectivity index is 2.52. The van der Waals surface area contributed by atoms with Crippen molar-refractivity contribution in [2.24, 2.45) is 0 Å². The molecule has 0 saturated heterocycles. The minimum atomic E-state index is -4.77. The van der Waals surface area contributed by atoms with Crippen LogP contribution in [0.5, 0.6) is 11.5 Å². The van der Waals surface area contributed by atoms with Crippen LogP contribution in [0.25, 0.3) is 0 Å². The highest BCUT2D eigenvalue weighted by Crippen LogP contribution is 2.38. The average Bonchev–Trinajstić information content (AvgIpc) is 2.44. The molecule has 0 aliphatic carbocycles. The van der Waals surface area contributed by atoms with Crippen LogP contribution in [0.15, 0.2) is 42.5 Å². The van der Waals surface area contributed by atoms with Gasteiger partial charge in [-0.25, -0.2) is 0 Å². The smallest absolute Gasteiger partial charge is 0.491 e. The van der Waals surface area contributed by atoms with E-state index in [9.17, 15) is 13.2 Å². The van der Waals surface area contributed by atoms with Crippen LogP contribution >= 0.6 is 11.6 Å². The standard InChI is InChI=1S/C19H20ClF3O2/c1-12(2)24-16-9-14(10-17(11-16)25-19(21,22)23)18(3,4)13-6-5-7-15(20)8-13/h5-12H,1-4H3. The molecular formula is C19H20ClF3O2. The molecule has 0 atom stereocenters. The van der Waals surface area contributed by atoms with Gasteiger partial charge in [-0.05, 0) is 49.2 Å². The molecule has 0 aliphatic heterocycles. The van der Waals surface area contributed by atoms with E-state index in [-0.39, 0.29) is 11.9 Å². The molecule has 0 spiro atoms. The summed E-state index contributed by atoms with van der Waals surface area (Å²) in [5.41, 5.74) is 0.914. The zero-order chi connectivity index (χ0) is 18.8. The SMILES string of the molecule is CC(C)Oc1cc(OC(F)(F)F)cc(C(C)(C)c2cccc(Cl)c2)c1. The normalized spacial score (nSPS) is 12.4. The second-order valence-corrected chi connectivity index (χ2v) is 6.98. The van der Waals surface area contributed by atoms with E-state index in [4.69, 9.17) is 16.3 Å². The molecule has 2 nitrogen and oxygen atoms in total. The van der Waals surface area contributed by atoms with Crippen molar-refractivity contribution in [2.45, 2.75) is 45.6 Å². The van der Waals surface area contributed by atoms with Crippen molar-refractivity contribution in [3.8, 4) is 11.5 Å². The maximum atomic E-state index is 12.7. The lowest BCUT2D eigenvalue weighted by molar-refractivity contribution is -0.274. The quantitative estimate of drug-likeness (QED) is 0.608. The van der Waals surface area contributed by atoms with Gasteiger partial charge in [0.2, 0.25) is 0 Å². The molecule has 0 radical (unpaired) electrons. The molecule has 0 amide bonds. The lowest BCUT2D eigenvalue weighted by Crippen LogP contribution is -2.21. The average molecular weight is 373 g/mol. The Morgan fingerprint density at radius 3 is 2.12 bits per heavy atom. The lowest BCUT2D eigenvalue weighted by Gasteiger charge is -2.28. The summed E-state index contributed by atoms with van der Waals surface area (Å²) < 4.78 is 47.7. The van der Waals surface area contributed by atoms with Gasteiger partial charge in [-0.15, -0.1) is 13.2 Å². The lowest BCUT2D eigenvalue weighted by atomic mass is 9.78. The van der Waals surface area contributed by atoms with Gasteiger partial charge in [0.05, 0.1) is 6.10 Å².